The van der Waals surface area contributed by atoms with Crippen molar-refractivity contribution >= 4 is 17.6 Å². The molecule has 20 heavy (non-hydrogen) atoms. The second-order valence-corrected chi connectivity index (χ2v) is 5.65. The van der Waals surface area contributed by atoms with Crippen molar-refractivity contribution in [3.63, 3.8) is 0 Å². The van der Waals surface area contributed by atoms with Crippen molar-refractivity contribution in [2.24, 2.45) is 0 Å². The SMILES string of the molecule is CCc1ccccc1NC(=O)CCC(=O)OC(C)(C)C. The lowest BCUT2D eigenvalue weighted by molar-refractivity contribution is -0.155. The van der Waals surface area contributed by atoms with Crippen molar-refractivity contribution < 1.29 is 14.3 Å². The molecule has 4 heteroatoms. The van der Waals surface area contributed by atoms with Gasteiger partial charge in [-0.2, -0.15) is 0 Å². The second kappa shape index (κ2) is 7.08. The Morgan fingerprint density at radius 1 is 1.15 bits per heavy atom. The maximum atomic E-state index is 11.8. The van der Waals surface area contributed by atoms with Gasteiger partial charge in [-0.15, -0.1) is 0 Å². The summed E-state index contributed by atoms with van der Waals surface area (Å²) in [7, 11) is 0. The van der Waals surface area contributed by atoms with Gasteiger partial charge in [0.15, 0.2) is 0 Å². The fraction of sp³-hybridized carbons (Fsp3) is 0.500. The Morgan fingerprint density at radius 3 is 2.40 bits per heavy atom. The quantitative estimate of drug-likeness (QED) is 0.840. The number of para-hydroxylation sites is 1. The molecule has 0 aliphatic heterocycles. The Bertz CT molecular complexity index is 475. The molecule has 0 unspecified atom stereocenters. The van der Waals surface area contributed by atoms with Crippen LogP contribution in [-0.2, 0) is 20.7 Å². The smallest absolute Gasteiger partial charge is 0.306 e. The number of rotatable bonds is 5. The monoisotopic (exact) mass is 277 g/mol. The van der Waals surface area contributed by atoms with E-state index in [0.29, 0.717) is 0 Å². The van der Waals surface area contributed by atoms with Crippen LogP contribution < -0.4 is 5.32 Å². The lowest BCUT2D eigenvalue weighted by atomic mass is 10.1. The number of carbonyl (C=O) groups is 2. The van der Waals surface area contributed by atoms with Gasteiger partial charge in [-0.05, 0) is 38.8 Å². The number of hydrogen-bond donors (Lipinski definition) is 1. The third kappa shape index (κ3) is 5.87. The molecule has 0 heterocycles. The molecule has 0 saturated heterocycles. The molecule has 1 aromatic rings. The zero-order chi connectivity index (χ0) is 15.2. The van der Waals surface area contributed by atoms with Crippen molar-refractivity contribution in [2.75, 3.05) is 5.32 Å². The Labute approximate surface area is 120 Å². The van der Waals surface area contributed by atoms with Crippen LogP contribution in [0.5, 0.6) is 0 Å². The minimum absolute atomic E-state index is 0.0946. The van der Waals surface area contributed by atoms with Gasteiger partial charge in [0.25, 0.3) is 0 Å². The van der Waals surface area contributed by atoms with E-state index in [2.05, 4.69) is 5.32 Å². The van der Waals surface area contributed by atoms with E-state index in [4.69, 9.17) is 4.74 Å². The molecule has 0 aliphatic rings. The van der Waals surface area contributed by atoms with E-state index in [1.54, 1.807) is 0 Å². The molecule has 0 aromatic heterocycles. The summed E-state index contributed by atoms with van der Waals surface area (Å²) in [4.78, 5) is 23.4. The minimum atomic E-state index is -0.512. The van der Waals surface area contributed by atoms with Crippen molar-refractivity contribution in [3.8, 4) is 0 Å². The second-order valence-electron chi connectivity index (χ2n) is 5.65. The summed E-state index contributed by atoms with van der Waals surface area (Å²) in [5.41, 5.74) is 1.38. The van der Waals surface area contributed by atoms with Gasteiger partial charge in [-0.1, -0.05) is 25.1 Å². The fourth-order valence-electron chi connectivity index (χ4n) is 1.77. The van der Waals surface area contributed by atoms with Crippen molar-refractivity contribution in [2.45, 2.75) is 52.6 Å². The molecule has 1 N–H and O–H groups in total. The molecule has 0 aliphatic carbocycles. The summed E-state index contributed by atoms with van der Waals surface area (Å²) in [6.07, 6.45) is 1.08. The Balaban J connectivity index is 2.46. The van der Waals surface area contributed by atoms with E-state index in [-0.39, 0.29) is 24.7 Å². The summed E-state index contributed by atoms with van der Waals surface area (Å²) in [6.45, 7) is 7.46. The first kappa shape index (κ1) is 16.2. The van der Waals surface area contributed by atoms with E-state index in [1.165, 1.54) is 0 Å². The number of hydrogen-bond acceptors (Lipinski definition) is 3. The number of aryl methyl sites for hydroxylation is 1. The number of anilines is 1. The Morgan fingerprint density at radius 2 is 1.80 bits per heavy atom. The number of ether oxygens (including phenoxy) is 1. The van der Waals surface area contributed by atoms with E-state index >= 15 is 0 Å². The van der Waals surface area contributed by atoms with Gasteiger partial charge in [0.1, 0.15) is 5.60 Å². The summed E-state index contributed by atoms with van der Waals surface area (Å²) in [5.74, 6) is -0.520. The molecule has 0 saturated carbocycles. The third-order valence-electron chi connectivity index (χ3n) is 2.65. The van der Waals surface area contributed by atoms with Gasteiger partial charge < -0.3 is 10.1 Å². The van der Waals surface area contributed by atoms with Crippen LogP contribution >= 0.6 is 0 Å². The lowest BCUT2D eigenvalue weighted by Crippen LogP contribution is -2.24. The van der Waals surface area contributed by atoms with Gasteiger partial charge in [0, 0.05) is 12.1 Å². The zero-order valence-corrected chi connectivity index (χ0v) is 12.7. The summed E-state index contributed by atoms with van der Waals surface area (Å²) < 4.78 is 5.16. The highest BCUT2D eigenvalue weighted by molar-refractivity contribution is 5.93. The number of carbonyl (C=O) groups excluding carboxylic acids is 2. The van der Waals surface area contributed by atoms with Gasteiger partial charge >= 0.3 is 5.97 Å². The van der Waals surface area contributed by atoms with E-state index in [0.717, 1.165) is 17.7 Å². The highest BCUT2D eigenvalue weighted by atomic mass is 16.6. The number of amides is 1. The third-order valence-corrected chi connectivity index (χ3v) is 2.65. The van der Waals surface area contributed by atoms with Crippen LogP contribution in [0.2, 0.25) is 0 Å². The maximum absolute atomic E-state index is 11.8. The molecule has 4 nitrogen and oxygen atoms in total. The van der Waals surface area contributed by atoms with Crippen molar-refractivity contribution in [3.05, 3.63) is 29.8 Å². The molecule has 0 radical (unpaired) electrons. The predicted molar refractivity (Wildman–Crippen MR) is 79.5 cm³/mol. The van der Waals surface area contributed by atoms with Crippen LogP contribution in [0.25, 0.3) is 0 Å². The van der Waals surface area contributed by atoms with Crippen LogP contribution in [0.15, 0.2) is 24.3 Å². The maximum Gasteiger partial charge on any atom is 0.306 e. The largest absolute Gasteiger partial charge is 0.460 e. The van der Waals surface area contributed by atoms with Crippen LogP contribution in [-0.4, -0.2) is 17.5 Å². The van der Waals surface area contributed by atoms with E-state index in [9.17, 15) is 9.59 Å². The van der Waals surface area contributed by atoms with E-state index in [1.807, 2.05) is 52.0 Å². The first-order valence-electron chi connectivity index (χ1n) is 6.91. The normalized spacial score (nSPS) is 11.0. The molecule has 1 aromatic carbocycles. The summed E-state index contributed by atoms with van der Waals surface area (Å²) in [5, 5.41) is 2.83. The molecular formula is C16H23NO3. The molecule has 0 bridgehead atoms. The molecule has 1 amide bonds. The van der Waals surface area contributed by atoms with Gasteiger partial charge in [-0.25, -0.2) is 0 Å². The van der Waals surface area contributed by atoms with Gasteiger partial charge in [0.05, 0.1) is 6.42 Å². The van der Waals surface area contributed by atoms with Gasteiger partial charge in [-0.3, -0.25) is 9.59 Å². The number of nitrogens with one attached hydrogen (secondary N) is 1. The van der Waals surface area contributed by atoms with Crippen LogP contribution in [0.1, 0.15) is 46.1 Å². The Hall–Kier alpha value is -1.84. The molecule has 0 atom stereocenters. The number of benzene rings is 1. The highest BCUT2D eigenvalue weighted by Crippen LogP contribution is 2.16. The average Bonchev–Trinajstić information content (AvgIpc) is 2.35. The fourth-order valence-corrected chi connectivity index (χ4v) is 1.77. The first-order valence-corrected chi connectivity index (χ1v) is 6.91. The van der Waals surface area contributed by atoms with Crippen LogP contribution in [0.4, 0.5) is 5.69 Å². The number of esters is 1. The van der Waals surface area contributed by atoms with Crippen molar-refractivity contribution in [1.29, 1.82) is 0 Å². The molecular weight excluding hydrogens is 254 g/mol. The van der Waals surface area contributed by atoms with Crippen LogP contribution in [0.3, 0.4) is 0 Å². The van der Waals surface area contributed by atoms with Gasteiger partial charge in [0.2, 0.25) is 5.91 Å². The predicted octanol–water partition coefficient (Wildman–Crippen LogP) is 3.31. The summed E-state index contributed by atoms with van der Waals surface area (Å²) in [6, 6.07) is 7.66. The van der Waals surface area contributed by atoms with Crippen molar-refractivity contribution in [1.82, 2.24) is 0 Å². The highest BCUT2D eigenvalue weighted by Gasteiger charge is 2.17. The zero-order valence-electron chi connectivity index (χ0n) is 12.7. The standard InChI is InChI=1S/C16H23NO3/c1-5-12-8-6-7-9-13(12)17-14(18)10-11-15(19)20-16(2,3)4/h6-9H,5,10-11H2,1-4H3,(H,17,18). The molecule has 1 rings (SSSR count). The molecule has 0 spiro atoms. The Kier molecular flexibility index (Phi) is 5.74. The lowest BCUT2D eigenvalue weighted by Gasteiger charge is -2.19. The van der Waals surface area contributed by atoms with Crippen LogP contribution in [0, 0.1) is 0 Å². The molecule has 0 fully saturated rings. The summed E-state index contributed by atoms with van der Waals surface area (Å²) >= 11 is 0. The minimum Gasteiger partial charge on any atom is -0.460 e. The topological polar surface area (TPSA) is 55.4 Å². The average molecular weight is 277 g/mol. The molecule has 110 valence electrons. The van der Waals surface area contributed by atoms with E-state index < -0.39 is 5.60 Å². The first-order chi connectivity index (χ1) is 9.31.